The maximum atomic E-state index is 5.22. The van der Waals surface area contributed by atoms with Crippen LogP contribution in [0.4, 0.5) is 5.82 Å². The molecule has 66 valence electrons. The van der Waals surface area contributed by atoms with Crippen molar-refractivity contribution in [3.8, 4) is 10.6 Å². The minimum Gasteiger partial charge on any atom is -0.308 e. The average Bonchev–Trinajstić information content (AvgIpc) is 2.67. The summed E-state index contributed by atoms with van der Waals surface area (Å²) in [7, 11) is 0. The van der Waals surface area contributed by atoms with Crippen LogP contribution in [0.2, 0.25) is 0 Å². The molecule has 0 aliphatic rings. The van der Waals surface area contributed by atoms with Crippen LogP contribution in [0.15, 0.2) is 29.9 Å². The summed E-state index contributed by atoms with van der Waals surface area (Å²) in [6, 6.07) is 3.85. The highest BCUT2D eigenvalue weighted by molar-refractivity contribution is 7.13. The molecule has 0 saturated heterocycles. The fraction of sp³-hybridized carbons (Fsp3) is 0. The van der Waals surface area contributed by atoms with Crippen molar-refractivity contribution >= 4 is 17.2 Å². The molecule has 0 aliphatic carbocycles. The van der Waals surface area contributed by atoms with Crippen molar-refractivity contribution < 1.29 is 0 Å². The summed E-state index contributed by atoms with van der Waals surface area (Å²) < 4.78 is 0. The highest BCUT2D eigenvalue weighted by atomic mass is 32.1. The number of thiazole rings is 1. The van der Waals surface area contributed by atoms with Crippen LogP contribution < -0.4 is 11.3 Å². The SMILES string of the molecule is NNc1csc(-c2cccnc2)n1. The van der Waals surface area contributed by atoms with Crippen molar-refractivity contribution in [3.05, 3.63) is 29.9 Å². The van der Waals surface area contributed by atoms with Gasteiger partial charge in [0.05, 0.1) is 0 Å². The van der Waals surface area contributed by atoms with Crippen molar-refractivity contribution in [2.45, 2.75) is 0 Å². The Morgan fingerprint density at radius 1 is 1.46 bits per heavy atom. The van der Waals surface area contributed by atoms with Crippen molar-refractivity contribution in [1.82, 2.24) is 9.97 Å². The zero-order valence-electron chi connectivity index (χ0n) is 6.77. The number of anilines is 1. The van der Waals surface area contributed by atoms with Crippen LogP contribution in [0.25, 0.3) is 10.6 Å². The van der Waals surface area contributed by atoms with Crippen LogP contribution in [0, 0.1) is 0 Å². The molecule has 2 rings (SSSR count). The highest BCUT2D eigenvalue weighted by Crippen LogP contribution is 2.24. The van der Waals surface area contributed by atoms with Crippen molar-refractivity contribution in [2.75, 3.05) is 5.43 Å². The maximum absolute atomic E-state index is 5.22. The Bertz CT molecular complexity index is 384. The molecule has 0 amide bonds. The van der Waals surface area contributed by atoms with Crippen LogP contribution in [0.1, 0.15) is 0 Å². The highest BCUT2D eigenvalue weighted by Gasteiger charge is 2.02. The average molecular weight is 192 g/mol. The largest absolute Gasteiger partial charge is 0.308 e. The van der Waals surface area contributed by atoms with E-state index >= 15 is 0 Å². The van der Waals surface area contributed by atoms with E-state index in [2.05, 4.69) is 15.4 Å². The van der Waals surface area contributed by atoms with Crippen LogP contribution in [-0.4, -0.2) is 9.97 Å². The summed E-state index contributed by atoms with van der Waals surface area (Å²) >= 11 is 1.53. The molecule has 0 unspecified atom stereocenters. The number of pyridine rings is 1. The topological polar surface area (TPSA) is 63.8 Å². The Balaban J connectivity index is 2.36. The lowest BCUT2D eigenvalue weighted by Crippen LogP contribution is -2.06. The van der Waals surface area contributed by atoms with Gasteiger partial charge >= 0.3 is 0 Å². The van der Waals surface area contributed by atoms with Crippen molar-refractivity contribution in [1.29, 1.82) is 0 Å². The monoisotopic (exact) mass is 192 g/mol. The zero-order valence-corrected chi connectivity index (χ0v) is 7.58. The predicted octanol–water partition coefficient (Wildman–Crippen LogP) is 1.49. The molecule has 0 atom stereocenters. The summed E-state index contributed by atoms with van der Waals surface area (Å²) in [6.07, 6.45) is 3.51. The van der Waals surface area contributed by atoms with Crippen molar-refractivity contribution in [3.63, 3.8) is 0 Å². The number of hydrogen-bond acceptors (Lipinski definition) is 5. The molecule has 0 aliphatic heterocycles. The molecule has 5 heteroatoms. The molecule has 0 bridgehead atoms. The first kappa shape index (κ1) is 8.15. The van der Waals surface area contributed by atoms with Crippen LogP contribution in [0.5, 0.6) is 0 Å². The summed E-state index contributed by atoms with van der Waals surface area (Å²) in [5.74, 6) is 5.90. The number of aromatic nitrogens is 2. The van der Waals surface area contributed by atoms with Gasteiger partial charge in [0.15, 0.2) is 5.82 Å². The molecular weight excluding hydrogens is 184 g/mol. The zero-order chi connectivity index (χ0) is 9.10. The van der Waals surface area contributed by atoms with Gasteiger partial charge in [-0.2, -0.15) is 0 Å². The predicted molar refractivity (Wildman–Crippen MR) is 53.2 cm³/mol. The van der Waals surface area contributed by atoms with E-state index in [4.69, 9.17) is 5.84 Å². The first-order valence-corrected chi connectivity index (χ1v) is 4.60. The molecule has 3 N–H and O–H groups in total. The molecule has 0 aromatic carbocycles. The molecule has 2 aromatic rings. The number of rotatable bonds is 2. The molecule has 13 heavy (non-hydrogen) atoms. The van der Waals surface area contributed by atoms with Gasteiger partial charge in [0.25, 0.3) is 0 Å². The van der Waals surface area contributed by atoms with Gasteiger partial charge in [-0.25, -0.2) is 10.8 Å². The van der Waals surface area contributed by atoms with E-state index in [9.17, 15) is 0 Å². The van der Waals surface area contributed by atoms with Crippen LogP contribution >= 0.6 is 11.3 Å². The summed E-state index contributed by atoms with van der Waals surface area (Å²) in [5, 5.41) is 2.78. The van der Waals surface area contributed by atoms with E-state index in [1.165, 1.54) is 11.3 Å². The van der Waals surface area contributed by atoms with Crippen LogP contribution in [-0.2, 0) is 0 Å². The first-order chi connectivity index (χ1) is 6.40. The second-order valence-electron chi connectivity index (χ2n) is 2.42. The normalized spacial score (nSPS) is 9.92. The molecule has 2 aromatic heterocycles. The number of nitrogen functional groups attached to an aromatic ring is 1. The Hall–Kier alpha value is -1.46. The third-order valence-corrected chi connectivity index (χ3v) is 2.45. The van der Waals surface area contributed by atoms with E-state index in [-0.39, 0.29) is 0 Å². The Morgan fingerprint density at radius 3 is 3.00 bits per heavy atom. The molecule has 4 nitrogen and oxygen atoms in total. The lowest BCUT2D eigenvalue weighted by Gasteiger charge is -1.93. The number of nitrogens with zero attached hydrogens (tertiary/aromatic N) is 2. The Morgan fingerprint density at radius 2 is 2.38 bits per heavy atom. The molecule has 0 radical (unpaired) electrons. The number of nitrogens with two attached hydrogens (primary N) is 1. The molecule has 2 heterocycles. The lowest BCUT2D eigenvalue weighted by atomic mass is 10.3. The Kier molecular flexibility index (Phi) is 2.20. The van der Waals surface area contributed by atoms with Gasteiger partial charge in [0.1, 0.15) is 5.01 Å². The lowest BCUT2D eigenvalue weighted by molar-refractivity contribution is 1.26. The van der Waals surface area contributed by atoms with E-state index in [1.54, 1.807) is 12.4 Å². The van der Waals surface area contributed by atoms with Gasteiger partial charge in [-0.05, 0) is 12.1 Å². The standard InChI is InChI=1S/C8H8N4S/c9-12-7-5-13-8(11-7)6-2-1-3-10-4-6/h1-5,12H,9H2. The minimum absolute atomic E-state index is 0.684. The molecular formula is C8H8N4S. The van der Waals surface area contributed by atoms with E-state index < -0.39 is 0 Å². The van der Waals surface area contributed by atoms with E-state index in [0.717, 1.165) is 10.6 Å². The smallest absolute Gasteiger partial charge is 0.151 e. The summed E-state index contributed by atoms with van der Waals surface area (Å²) in [6.45, 7) is 0. The maximum Gasteiger partial charge on any atom is 0.151 e. The van der Waals surface area contributed by atoms with Crippen molar-refractivity contribution in [2.24, 2.45) is 5.84 Å². The third-order valence-electron chi connectivity index (χ3n) is 1.56. The van der Waals surface area contributed by atoms with Crippen LogP contribution in [0.3, 0.4) is 0 Å². The van der Waals surface area contributed by atoms with Gasteiger partial charge < -0.3 is 5.43 Å². The fourth-order valence-corrected chi connectivity index (χ4v) is 1.71. The number of nitrogens with one attached hydrogen (secondary N) is 1. The summed E-state index contributed by atoms with van der Waals surface area (Å²) in [5.41, 5.74) is 3.50. The fourth-order valence-electron chi connectivity index (χ4n) is 0.962. The van der Waals surface area contributed by atoms with Gasteiger partial charge in [-0.3, -0.25) is 4.98 Å². The third kappa shape index (κ3) is 1.66. The second kappa shape index (κ2) is 3.51. The quantitative estimate of drug-likeness (QED) is 0.559. The summed E-state index contributed by atoms with van der Waals surface area (Å²) in [4.78, 5) is 8.25. The Labute approximate surface area is 79.4 Å². The van der Waals surface area contributed by atoms with Gasteiger partial charge in [0.2, 0.25) is 0 Å². The van der Waals surface area contributed by atoms with Gasteiger partial charge in [-0.15, -0.1) is 11.3 Å². The number of hydrogen-bond donors (Lipinski definition) is 2. The van der Waals surface area contributed by atoms with Gasteiger partial charge in [0, 0.05) is 23.3 Å². The molecule has 0 spiro atoms. The van der Waals surface area contributed by atoms with E-state index in [0.29, 0.717) is 5.82 Å². The molecule has 0 saturated carbocycles. The first-order valence-electron chi connectivity index (χ1n) is 3.72. The molecule has 0 fully saturated rings. The van der Waals surface area contributed by atoms with Gasteiger partial charge in [-0.1, -0.05) is 0 Å². The van der Waals surface area contributed by atoms with E-state index in [1.807, 2.05) is 17.5 Å². The second-order valence-corrected chi connectivity index (χ2v) is 3.28. The minimum atomic E-state index is 0.684. The number of hydrazine groups is 1.